The molecule has 1 aromatic carbocycles. The topological polar surface area (TPSA) is 15.3 Å². The van der Waals surface area contributed by atoms with Crippen molar-refractivity contribution in [2.24, 2.45) is 0 Å². The van der Waals surface area contributed by atoms with Gasteiger partial charge in [0.05, 0.1) is 0 Å². The van der Waals surface area contributed by atoms with E-state index in [2.05, 4.69) is 79.0 Å². The van der Waals surface area contributed by atoms with Crippen molar-refractivity contribution >= 4 is 21.6 Å². The van der Waals surface area contributed by atoms with Crippen LogP contribution in [0.5, 0.6) is 0 Å². The van der Waals surface area contributed by atoms with Gasteiger partial charge in [-0.05, 0) is 51.8 Å². The summed E-state index contributed by atoms with van der Waals surface area (Å²) < 4.78 is 1.19. The zero-order valence-electron chi connectivity index (χ0n) is 12.9. The number of rotatable bonds is 6. The highest BCUT2D eigenvalue weighted by Crippen LogP contribution is 2.24. The first-order chi connectivity index (χ1) is 8.87. The van der Waals surface area contributed by atoms with Crippen LogP contribution in [0.3, 0.4) is 0 Å². The fourth-order valence-corrected chi connectivity index (χ4v) is 2.48. The Balaban J connectivity index is 2.79. The molecular formula is C16H27BrN2. The van der Waals surface area contributed by atoms with Crippen molar-refractivity contribution in [1.82, 2.24) is 5.32 Å². The molecule has 0 unspecified atom stereocenters. The van der Waals surface area contributed by atoms with Crippen molar-refractivity contribution in [2.45, 2.75) is 53.1 Å². The molecule has 0 atom stereocenters. The Hall–Kier alpha value is -0.540. The van der Waals surface area contributed by atoms with Gasteiger partial charge in [-0.3, -0.25) is 0 Å². The van der Waals surface area contributed by atoms with Crippen molar-refractivity contribution in [2.75, 3.05) is 18.0 Å². The van der Waals surface area contributed by atoms with Crippen molar-refractivity contribution < 1.29 is 0 Å². The molecule has 0 saturated carbocycles. The van der Waals surface area contributed by atoms with Crippen LogP contribution in [0, 0.1) is 0 Å². The number of hydrogen-bond donors (Lipinski definition) is 1. The van der Waals surface area contributed by atoms with Gasteiger partial charge in [0.25, 0.3) is 0 Å². The summed E-state index contributed by atoms with van der Waals surface area (Å²) in [5.41, 5.74) is 2.76. The summed E-state index contributed by atoms with van der Waals surface area (Å²) in [5, 5.41) is 3.52. The molecule has 1 rings (SSSR count). The molecule has 0 amide bonds. The molecule has 0 aliphatic rings. The minimum Gasteiger partial charge on any atom is -0.372 e. The van der Waals surface area contributed by atoms with Crippen molar-refractivity contribution in [3.05, 3.63) is 28.2 Å². The van der Waals surface area contributed by atoms with E-state index in [1.54, 1.807) is 0 Å². The molecule has 0 bridgehead atoms. The molecule has 3 heteroatoms. The summed E-state index contributed by atoms with van der Waals surface area (Å²) >= 11 is 3.70. The Morgan fingerprint density at radius 1 is 1.21 bits per heavy atom. The van der Waals surface area contributed by atoms with Crippen LogP contribution in [0.25, 0.3) is 0 Å². The van der Waals surface area contributed by atoms with Crippen molar-refractivity contribution in [3.8, 4) is 0 Å². The summed E-state index contributed by atoms with van der Waals surface area (Å²) in [5.74, 6) is 0. The first-order valence-electron chi connectivity index (χ1n) is 7.15. The second-order valence-electron chi connectivity index (χ2n) is 5.96. The maximum absolute atomic E-state index is 3.70. The van der Waals surface area contributed by atoms with E-state index in [0.29, 0.717) is 0 Å². The van der Waals surface area contributed by atoms with Gasteiger partial charge in [0.15, 0.2) is 0 Å². The number of nitrogens with zero attached hydrogens (tertiary/aromatic N) is 1. The lowest BCUT2D eigenvalue weighted by molar-refractivity contribution is 0.424. The molecule has 19 heavy (non-hydrogen) atoms. The molecule has 1 aromatic rings. The minimum absolute atomic E-state index is 0.149. The standard InChI is InChI=1S/C16H27BrN2/c1-6-10-19(7-2)14-9-8-13(15(17)11-14)12-18-16(3,4)5/h8-9,11,18H,6-7,10,12H2,1-5H3. The van der Waals surface area contributed by atoms with Crippen LogP contribution in [0.1, 0.15) is 46.6 Å². The first-order valence-corrected chi connectivity index (χ1v) is 7.95. The average molecular weight is 327 g/mol. The smallest absolute Gasteiger partial charge is 0.0377 e. The Labute approximate surface area is 126 Å². The molecular weight excluding hydrogens is 300 g/mol. The molecule has 2 nitrogen and oxygen atoms in total. The second kappa shape index (κ2) is 7.30. The highest BCUT2D eigenvalue weighted by atomic mass is 79.9. The van der Waals surface area contributed by atoms with E-state index in [-0.39, 0.29) is 5.54 Å². The van der Waals surface area contributed by atoms with E-state index >= 15 is 0 Å². The van der Waals surface area contributed by atoms with Crippen LogP contribution in [0.15, 0.2) is 22.7 Å². The van der Waals surface area contributed by atoms with Crippen molar-refractivity contribution in [1.29, 1.82) is 0 Å². The van der Waals surface area contributed by atoms with Gasteiger partial charge < -0.3 is 10.2 Å². The van der Waals surface area contributed by atoms with Gasteiger partial charge in [-0.15, -0.1) is 0 Å². The van der Waals surface area contributed by atoms with E-state index < -0.39 is 0 Å². The van der Waals surface area contributed by atoms with Crippen LogP contribution in [-0.4, -0.2) is 18.6 Å². The average Bonchev–Trinajstić information content (AvgIpc) is 2.33. The molecule has 0 aromatic heterocycles. The predicted molar refractivity (Wildman–Crippen MR) is 88.9 cm³/mol. The fraction of sp³-hybridized carbons (Fsp3) is 0.625. The normalized spacial score (nSPS) is 11.7. The number of anilines is 1. The molecule has 108 valence electrons. The summed E-state index contributed by atoms with van der Waals surface area (Å²) in [6.07, 6.45) is 1.18. The third kappa shape index (κ3) is 5.53. The van der Waals surface area contributed by atoms with Gasteiger partial charge in [0.1, 0.15) is 0 Å². The van der Waals surface area contributed by atoms with E-state index in [0.717, 1.165) is 19.6 Å². The maximum Gasteiger partial charge on any atom is 0.0377 e. The van der Waals surface area contributed by atoms with Gasteiger partial charge in [0.2, 0.25) is 0 Å². The monoisotopic (exact) mass is 326 g/mol. The highest BCUT2D eigenvalue weighted by Gasteiger charge is 2.11. The SMILES string of the molecule is CCCN(CC)c1ccc(CNC(C)(C)C)c(Br)c1. The van der Waals surface area contributed by atoms with Crippen LogP contribution in [0.2, 0.25) is 0 Å². The first kappa shape index (κ1) is 16.5. The molecule has 0 heterocycles. The quantitative estimate of drug-likeness (QED) is 0.823. The molecule has 0 spiro atoms. The predicted octanol–water partition coefficient (Wildman–Crippen LogP) is 4.57. The highest BCUT2D eigenvalue weighted by molar-refractivity contribution is 9.10. The maximum atomic E-state index is 3.70. The summed E-state index contributed by atoms with van der Waals surface area (Å²) in [6.45, 7) is 14.1. The lowest BCUT2D eigenvalue weighted by Crippen LogP contribution is -2.35. The van der Waals surface area contributed by atoms with Crippen LogP contribution < -0.4 is 10.2 Å². The van der Waals surface area contributed by atoms with Gasteiger partial charge >= 0.3 is 0 Å². The fourth-order valence-electron chi connectivity index (χ4n) is 1.98. The van der Waals surface area contributed by atoms with Crippen molar-refractivity contribution in [3.63, 3.8) is 0 Å². The lowest BCUT2D eigenvalue weighted by atomic mass is 10.1. The van der Waals surface area contributed by atoms with Gasteiger partial charge in [0, 0.05) is 35.3 Å². The third-order valence-electron chi connectivity index (χ3n) is 3.09. The molecule has 1 N–H and O–H groups in total. The van der Waals surface area contributed by atoms with E-state index in [9.17, 15) is 0 Å². The summed E-state index contributed by atoms with van der Waals surface area (Å²) in [6, 6.07) is 6.68. The zero-order valence-corrected chi connectivity index (χ0v) is 14.5. The number of nitrogens with one attached hydrogen (secondary N) is 1. The van der Waals surface area contributed by atoms with E-state index in [1.807, 2.05) is 0 Å². The van der Waals surface area contributed by atoms with Crippen LogP contribution in [0.4, 0.5) is 5.69 Å². The largest absolute Gasteiger partial charge is 0.372 e. The van der Waals surface area contributed by atoms with Gasteiger partial charge in [-0.2, -0.15) is 0 Å². The zero-order chi connectivity index (χ0) is 14.5. The number of halogens is 1. The molecule has 0 aliphatic carbocycles. The lowest BCUT2D eigenvalue weighted by Gasteiger charge is -2.24. The Morgan fingerprint density at radius 2 is 1.89 bits per heavy atom. The number of benzene rings is 1. The van der Waals surface area contributed by atoms with Gasteiger partial charge in [-0.25, -0.2) is 0 Å². The summed E-state index contributed by atoms with van der Waals surface area (Å²) in [7, 11) is 0. The minimum atomic E-state index is 0.149. The second-order valence-corrected chi connectivity index (χ2v) is 6.81. The molecule has 0 aliphatic heterocycles. The van der Waals surface area contributed by atoms with E-state index in [1.165, 1.54) is 22.1 Å². The Kier molecular flexibility index (Phi) is 6.34. The van der Waals surface area contributed by atoms with Gasteiger partial charge in [-0.1, -0.05) is 28.9 Å². The number of hydrogen-bond acceptors (Lipinski definition) is 2. The Bertz CT molecular complexity index is 396. The molecule has 0 saturated heterocycles. The molecule has 0 radical (unpaired) electrons. The van der Waals surface area contributed by atoms with E-state index in [4.69, 9.17) is 0 Å². The Morgan fingerprint density at radius 3 is 2.37 bits per heavy atom. The third-order valence-corrected chi connectivity index (χ3v) is 3.82. The summed E-state index contributed by atoms with van der Waals surface area (Å²) in [4.78, 5) is 2.41. The van der Waals surface area contributed by atoms with Crippen LogP contribution in [-0.2, 0) is 6.54 Å². The van der Waals surface area contributed by atoms with Crippen LogP contribution >= 0.6 is 15.9 Å². The molecule has 0 fully saturated rings.